The second-order valence-corrected chi connectivity index (χ2v) is 6.86. The monoisotopic (exact) mass is 333 g/mol. The van der Waals surface area contributed by atoms with Gasteiger partial charge in [0.05, 0.1) is 6.10 Å². The number of carbonyl (C=O) groups excluding carboxylic acids is 1. The minimum Gasteiger partial charge on any atom is -0.460 e. The van der Waals surface area contributed by atoms with E-state index in [2.05, 4.69) is 13.1 Å². The minimum absolute atomic E-state index is 0.129. The molecule has 1 atom stereocenters. The lowest BCUT2D eigenvalue weighted by Gasteiger charge is -2.18. The number of ether oxygens (including phenoxy) is 4. The Morgan fingerprint density at radius 3 is 2.45 bits per heavy atom. The maximum absolute atomic E-state index is 11.0. The molecule has 1 radical (unpaired) electrons. The van der Waals surface area contributed by atoms with E-state index in [-0.39, 0.29) is 25.2 Å². The summed E-state index contributed by atoms with van der Waals surface area (Å²) in [5.74, 6) is -0.389. The Kier molecular flexibility index (Phi) is 13.4. The molecule has 6 nitrogen and oxygen atoms in total. The summed E-state index contributed by atoms with van der Waals surface area (Å²) in [5.41, 5.74) is 0. The molecule has 0 spiro atoms. The quantitative estimate of drug-likeness (QED) is 0.160. The van der Waals surface area contributed by atoms with E-state index in [0.29, 0.717) is 19.8 Å². The maximum Gasteiger partial charge on any atom is 0.330 e. The third kappa shape index (κ3) is 11.9. The normalized spacial score (nSPS) is 12.6. The fourth-order valence-electron chi connectivity index (χ4n) is 1.59. The number of hydrogen-bond donors (Lipinski definition) is 0. The molecule has 129 valence electrons. The summed E-state index contributed by atoms with van der Waals surface area (Å²) in [4.78, 5) is 11.0. The molecule has 0 aromatic carbocycles. The summed E-state index contributed by atoms with van der Waals surface area (Å²) in [6.07, 6.45) is 1.47. The van der Waals surface area contributed by atoms with Crippen LogP contribution in [0.3, 0.4) is 0 Å². The van der Waals surface area contributed by atoms with Crippen molar-refractivity contribution in [3.05, 3.63) is 12.7 Å². The zero-order chi connectivity index (χ0) is 16.8. The smallest absolute Gasteiger partial charge is 0.330 e. The van der Waals surface area contributed by atoms with Gasteiger partial charge in [-0.25, -0.2) is 4.79 Å². The molecule has 7 heteroatoms. The first kappa shape index (κ1) is 21.3. The lowest BCUT2D eigenvalue weighted by molar-refractivity contribution is -0.177. The number of carbonyl (C=O) groups is 1. The number of hydrogen-bond acceptors (Lipinski definition) is 6. The highest BCUT2D eigenvalue weighted by Gasteiger charge is 2.13. The molecule has 0 bridgehead atoms. The molecule has 0 rings (SSSR count). The van der Waals surface area contributed by atoms with Gasteiger partial charge in [-0.1, -0.05) is 6.58 Å². The van der Waals surface area contributed by atoms with Crippen molar-refractivity contribution in [2.45, 2.75) is 52.2 Å². The van der Waals surface area contributed by atoms with Gasteiger partial charge in [0.2, 0.25) is 9.04 Å². The first-order valence-electron chi connectivity index (χ1n) is 7.62. The fourth-order valence-corrected chi connectivity index (χ4v) is 2.83. The second kappa shape index (κ2) is 13.9. The molecule has 0 saturated heterocycles. The molecule has 0 amide bonds. The Hall–Kier alpha value is -0.733. The van der Waals surface area contributed by atoms with Crippen LogP contribution >= 0.6 is 0 Å². The van der Waals surface area contributed by atoms with Gasteiger partial charge in [0, 0.05) is 19.3 Å². The molecule has 0 heterocycles. The highest BCUT2D eigenvalue weighted by atomic mass is 28.3. The fraction of sp³-hybridized carbons (Fsp3) is 0.800. The Morgan fingerprint density at radius 2 is 1.91 bits per heavy atom. The highest BCUT2D eigenvalue weighted by molar-refractivity contribution is 6.50. The van der Waals surface area contributed by atoms with Crippen molar-refractivity contribution in [2.75, 3.05) is 26.6 Å². The van der Waals surface area contributed by atoms with Gasteiger partial charge in [0.25, 0.3) is 0 Å². The van der Waals surface area contributed by atoms with E-state index < -0.39 is 9.04 Å². The van der Waals surface area contributed by atoms with Crippen LogP contribution in [0.15, 0.2) is 12.7 Å². The van der Waals surface area contributed by atoms with Crippen LogP contribution in [0.1, 0.15) is 27.2 Å². The first-order chi connectivity index (χ1) is 10.5. The summed E-state index contributed by atoms with van der Waals surface area (Å²) >= 11 is 0. The molecule has 1 unspecified atom stereocenters. The van der Waals surface area contributed by atoms with Crippen LogP contribution in [0, 0.1) is 0 Å². The van der Waals surface area contributed by atoms with Gasteiger partial charge >= 0.3 is 5.97 Å². The van der Waals surface area contributed by atoms with Crippen LogP contribution in [0.2, 0.25) is 12.6 Å². The van der Waals surface area contributed by atoms with Crippen LogP contribution in [-0.2, 0) is 28.2 Å². The van der Waals surface area contributed by atoms with Gasteiger partial charge in [0.1, 0.15) is 13.4 Å². The summed E-state index contributed by atoms with van der Waals surface area (Å²) in [6.45, 7) is 12.9. The molecule has 22 heavy (non-hydrogen) atoms. The predicted molar refractivity (Wildman–Crippen MR) is 85.7 cm³/mol. The van der Waals surface area contributed by atoms with Gasteiger partial charge < -0.3 is 23.4 Å². The zero-order valence-electron chi connectivity index (χ0n) is 14.1. The van der Waals surface area contributed by atoms with Gasteiger partial charge in [-0.05, 0) is 39.8 Å². The van der Waals surface area contributed by atoms with Crippen molar-refractivity contribution in [1.82, 2.24) is 0 Å². The maximum atomic E-state index is 11.0. The lowest BCUT2D eigenvalue weighted by Crippen LogP contribution is -2.26. The molecule has 0 N–H and O–H groups in total. The van der Waals surface area contributed by atoms with E-state index in [4.69, 9.17) is 23.4 Å². The van der Waals surface area contributed by atoms with Gasteiger partial charge in [0.15, 0.2) is 6.29 Å². The molecule has 0 aliphatic rings. The summed E-state index contributed by atoms with van der Waals surface area (Å²) < 4.78 is 26.9. The van der Waals surface area contributed by atoms with Gasteiger partial charge in [-0.2, -0.15) is 0 Å². The second-order valence-electron chi connectivity index (χ2n) is 4.67. The molecule has 0 fully saturated rings. The Balaban J connectivity index is 3.69. The standard InChI is InChI=1S/C15H29O6Si/c1-6-14(16)21-13(4)9-10-22(5)20-12-17-11-15(18-7-2)19-8-3/h6,13,15H,1,7-12H2,2-5H3. The minimum atomic E-state index is -0.972. The Morgan fingerprint density at radius 1 is 1.27 bits per heavy atom. The summed E-state index contributed by atoms with van der Waals surface area (Å²) in [7, 11) is -0.972. The first-order valence-corrected chi connectivity index (χ1v) is 9.74. The largest absolute Gasteiger partial charge is 0.460 e. The van der Waals surface area contributed by atoms with Crippen molar-refractivity contribution in [2.24, 2.45) is 0 Å². The van der Waals surface area contributed by atoms with Crippen molar-refractivity contribution in [1.29, 1.82) is 0 Å². The molecule has 0 aliphatic heterocycles. The van der Waals surface area contributed by atoms with E-state index in [1.165, 1.54) is 6.08 Å². The van der Waals surface area contributed by atoms with E-state index in [1.807, 2.05) is 20.8 Å². The molecular formula is C15H29O6Si. The Bertz CT molecular complexity index is 294. The van der Waals surface area contributed by atoms with E-state index in [9.17, 15) is 4.79 Å². The average Bonchev–Trinajstić information content (AvgIpc) is 2.49. The predicted octanol–water partition coefficient (Wildman–Crippen LogP) is 2.51. The van der Waals surface area contributed by atoms with Crippen LogP contribution < -0.4 is 0 Å². The van der Waals surface area contributed by atoms with Crippen molar-refractivity contribution < 1.29 is 28.2 Å². The zero-order valence-corrected chi connectivity index (χ0v) is 15.1. The summed E-state index contributed by atoms with van der Waals surface area (Å²) in [5, 5.41) is 0. The van der Waals surface area contributed by atoms with Crippen LogP contribution in [0.25, 0.3) is 0 Å². The third-order valence-electron chi connectivity index (χ3n) is 2.73. The van der Waals surface area contributed by atoms with Gasteiger partial charge in [-0.15, -0.1) is 0 Å². The van der Waals surface area contributed by atoms with Crippen LogP contribution in [0.5, 0.6) is 0 Å². The average molecular weight is 333 g/mol. The molecule has 0 aromatic rings. The van der Waals surface area contributed by atoms with Crippen molar-refractivity contribution in [3.8, 4) is 0 Å². The SMILES string of the molecule is C=CC(=O)OC(C)CC[Si](C)OCOCC(OCC)OCC. The van der Waals surface area contributed by atoms with Crippen LogP contribution in [0.4, 0.5) is 0 Å². The van der Waals surface area contributed by atoms with E-state index in [0.717, 1.165) is 12.5 Å². The van der Waals surface area contributed by atoms with Gasteiger partial charge in [-0.3, -0.25) is 0 Å². The third-order valence-corrected chi connectivity index (χ3v) is 4.34. The molecule has 0 saturated carbocycles. The molecule has 0 aliphatic carbocycles. The lowest BCUT2D eigenvalue weighted by atomic mass is 10.3. The van der Waals surface area contributed by atoms with E-state index >= 15 is 0 Å². The summed E-state index contributed by atoms with van der Waals surface area (Å²) in [6, 6.07) is 0.875. The number of esters is 1. The topological polar surface area (TPSA) is 63.2 Å². The molecule has 0 aromatic heterocycles. The highest BCUT2D eigenvalue weighted by Crippen LogP contribution is 2.07. The van der Waals surface area contributed by atoms with Crippen molar-refractivity contribution >= 4 is 15.0 Å². The van der Waals surface area contributed by atoms with Crippen molar-refractivity contribution in [3.63, 3.8) is 0 Å². The number of rotatable bonds is 14. The Labute approximate surface area is 135 Å². The molecular weight excluding hydrogens is 304 g/mol. The van der Waals surface area contributed by atoms with Crippen LogP contribution in [-0.4, -0.2) is 54.0 Å². The van der Waals surface area contributed by atoms with E-state index in [1.54, 1.807) is 0 Å².